The van der Waals surface area contributed by atoms with Crippen LogP contribution in [-0.4, -0.2) is 0 Å². The van der Waals surface area contributed by atoms with Crippen LogP contribution in [0.15, 0.2) is 72.8 Å². The summed E-state index contributed by atoms with van der Waals surface area (Å²) in [5, 5.41) is 0. The number of hydrogen-bond acceptors (Lipinski definition) is 3. The zero-order chi connectivity index (χ0) is 14.7. The number of anilines is 2. The quantitative estimate of drug-likeness (QED) is 0.701. The molecule has 0 spiro atoms. The SMILES string of the molecule is Nc1ccc(-c2ccccc2Oc2ccccc2)cc1N. The summed E-state index contributed by atoms with van der Waals surface area (Å²) in [5.41, 5.74) is 14.8. The van der Waals surface area contributed by atoms with Crippen molar-refractivity contribution in [3.8, 4) is 22.6 Å². The van der Waals surface area contributed by atoms with E-state index >= 15 is 0 Å². The van der Waals surface area contributed by atoms with Gasteiger partial charge in [-0.1, -0.05) is 42.5 Å². The molecular formula is C18H16N2O. The molecule has 0 heterocycles. The van der Waals surface area contributed by atoms with E-state index in [0.29, 0.717) is 11.4 Å². The number of rotatable bonds is 3. The van der Waals surface area contributed by atoms with Gasteiger partial charge in [0, 0.05) is 5.56 Å². The van der Waals surface area contributed by atoms with Crippen LogP contribution in [0.1, 0.15) is 0 Å². The minimum absolute atomic E-state index is 0.571. The maximum Gasteiger partial charge on any atom is 0.135 e. The second-order valence-electron chi connectivity index (χ2n) is 4.75. The fourth-order valence-electron chi connectivity index (χ4n) is 2.15. The van der Waals surface area contributed by atoms with Crippen molar-refractivity contribution < 1.29 is 4.74 Å². The molecule has 0 fully saturated rings. The molecule has 3 aromatic rings. The Kier molecular flexibility index (Phi) is 3.48. The Morgan fingerprint density at radius 1 is 0.667 bits per heavy atom. The van der Waals surface area contributed by atoms with Crippen molar-refractivity contribution in [2.75, 3.05) is 11.5 Å². The van der Waals surface area contributed by atoms with Crippen molar-refractivity contribution in [3.63, 3.8) is 0 Å². The van der Waals surface area contributed by atoms with Gasteiger partial charge in [0.15, 0.2) is 0 Å². The molecule has 3 heteroatoms. The molecule has 21 heavy (non-hydrogen) atoms. The highest BCUT2D eigenvalue weighted by Gasteiger charge is 2.08. The van der Waals surface area contributed by atoms with Gasteiger partial charge in [-0.15, -0.1) is 0 Å². The molecule has 0 bridgehead atoms. The largest absolute Gasteiger partial charge is 0.457 e. The van der Waals surface area contributed by atoms with Crippen LogP contribution in [0.5, 0.6) is 11.5 Å². The minimum atomic E-state index is 0.571. The number of nitrogens with two attached hydrogens (primary N) is 2. The van der Waals surface area contributed by atoms with Crippen LogP contribution in [0.2, 0.25) is 0 Å². The van der Waals surface area contributed by atoms with Crippen molar-refractivity contribution in [1.29, 1.82) is 0 Å². The van der Waals surface area contributed by atoms with Gasteiger partial charge in [-0.3, -0.25) is 0 Å². The second-order valence-corrected chi connectivity index (χ2v) is 4.75. The Labute approximate surface area is 123 Å². The van der Waals surface area contributed by atoms with Gasteiger partial charge >= 0.3 is 0 Å². The fourth-order valence-corrected chi connectivity index (χ4v) is 2.15. The zero-order valence-electron chi connectivity index (χ0n) is 11.5. The van der Waals surface area contributed by atoms with E-state index in [2.05, 4.69) is 0 Å². The average Bonchev–Trinajstić information content (AvgIpc) is 2.52. The molecule has 0 saturated carbocycles. The molecule has 0 aromatic heterocycles. The molecule has 104 valence electrons. The molecule has 3 nitrogen and oxygen atoms in total. The van der Waals surface area contributed by atoms with Gasteiger partial charge in [-0.25, -0.2) is 0 Å². The summed E-state index contributed by atoms with van der Waals surface area (Å²) in [6.07, 6.45) is 0. The molecule has 3 rings (SSSR count). The summed E-state index contributed by atoms with van der Waals surface area (Å²) in [6.45, 7) is 0. The lowest BCUT2D eigenvalue weighted by Gasteiger charge is -2.12. The molecule has 3 aromatic carbocycles. The van der Waals surface area contributed by atoms with Gasteiger partial charge in [-0.2, -0.15) is 0 Å². The number of benzene rings is 3. The third kappa shape index (κ3) is 2.82. The first-order valence-corrected chi connectivity index (χ1v) is 6.71. The number of ether oxygens (including phenoxy) is 1. The summed E-state index contributed by atoms with van der Waals surface area (Å²) >= 11 is 0. The highest BCUT2D eigenvalue weighted by atomic mass is 16.5. The van der Waals surface area contributed by atoms with Crippen LogP contribution in [0.25, 0.3) is 11.1 Å². The van der Waals surface area contributed by atoms with E-state index in [1.807, 2.05) is 72.8 Å². The van der Waals surface area contributed by atoms with Crippen LogP contribution in [0.3, 0.4) is 0 Å². The Balaban J connectivity index is 2.01. The van der Waals surface area contributed by atoms with Gasteiger partial charge < -0.3 is 16.2 Å². The molecule has 0 aliphatic carbocycles. The highest BCUT2D eigenvalue weighted by molar-refractivity contribution is 5.77. The van der Waals surface area contributed by atoms with Crippen LogP contribution in [0, 0.1) is 0 Å². The van der Waals surface area contributed by atoms with E-state index in [9.17, 15) is 0 Å². The zero-order valence-corrected chi connectivity index (χ0v) is 11.5. The van der Waals surface area contributed by atoms with Crippen LogP contribution < -0.4 is 16.2 Å². The van der Waals surface area contributed by atoms with Crippen molar-refractivity contribution in [2.45, 2.75) is 0 Å². The summed E-state index contributed by atoms with van der Waals surface area (Å²) in [4.78, 5) is 0. The average molecular weight is 276 g/mol. The van der Waals surface area contributed by atoms with E-state index in [-0.39, 0.29) is 0 Å². The van der Waals surface area contributed by atoms with Crippen LogP contribution in [-0.2, 0) is 0 Å². The summed E-state index contributed by atoms with van der Waals surface area (Å²) < 4.78 is 5.96. The lowest BCUT2D eigenvalue weighted by molar-refractivity contribution is 0.484. The van der Waals surface area contributed by atoms with Gasteiger partial charge in [0.25, 0.3) is 0 Å². The molecule has 0 unspecified atom stereocenters. The first kappa shape index (κ1) is 13.1. The van der Waals surface area contributed by atoms with Crippen molar-refractivity contribution in [2.24, 2.45) is 0 Å². The molecule has 0 aliphatic heterocycles. The molecule has 0 saturated heterocycles. The van der Waals surface area contributed by atoms with Gasteiger partial charge in [0.1, 0.15) is 11.5 Å². The minimum Gasteiger partial charge on any atom is -0.457 e. The summed E-state index contributed by atoms with van der Waals surface area (Å²) in [6, 6.07) is 23.2. The van der Waals surface area contributed by atoms with Crippen molar-refractivity contribution in [3.05, 3.63) is 72.8 Å². The number of nitrogen functional groups attached to an aromatic ring is 2. The Morgan fingerprint density at radius 2 is 1.38 bits per heavy atom. The normalized spacial score (nSPS) is 10.3. The standard InChI is InChI=1S/C18H16N2O/c19-16-11-10-13(12-17(16)20)15-8-4-5-9-18(15)21-14-6-2-1-3-7-14/h1-12H,19-20H2. The van der Waals surface area contributed by atoms with E-state index < -0.39 is 0 Å². The second kappa shape index (κ2) is 5.59. The monoisotopic (exact) mass is 276 g/mol. The molecule has 4 N–H and O–H groups in total. The molecule has 0 aliphatic rings. The Morgan fingerprint density at radius 3 is 2.14 bits per heavy atom. The van der Waals surface area contributed by atoms with Crippen LogP contribution in [0.4, 0.5) is 11.4 Å². The van der Waals surface area contributed by atoms with E-state index in [1.165, 1.54) is 0 Å². The smallest absolute Gasteiger partial charge is 0.135 e. The summed E-state index contributed by atoms with van der Waals surface area (Å²) in [7, 11) is 0. The van der Waals surface area contributed by atoms with Crippen molar-refractivity contribution in [1.82, 2.24) is 0 Å². The lowest BCUT2D eigenvalue weighted by atomic mass is 10.0. The number of hydrogen-bond donors (Lipinski definition) is 2. The third-order valence-corrected chi connectivity index (χ3v) is 3.26. The van der Waals surface area contributed by atoms with E-state index in [0.717, 1.165) is 22.6 Å². The number of para-hydroxylation sites is 2. The first-order chi connectivity index (χ1) is 10.2. The molecule has 0 atom stereocenters. The fraction of sp³-hybridized carbons (Fsp3) is 0. The van der Waals surface area contributed by atoms with Gasteiger partial charge in [-0.05, 0) is 35.9 Å². The predicted molar refractivity (Wildman–Crippen MR) is 87.2 cm³/mol. The molecule has 0 amide bonds. The van der Waals surface area contributed by atoms with E-state index in [1.54, 1.807) is 0 Å². The topological polar surface area (TPSA) is 61.3 Å². The third-order valence-electron chi connectivity index (χ3n) is 3.26. The Bertz CT molecular complexity index is 754. The molecule has 0 radical (unpaired) electrons. The predicted octanol–water partition coefficient (Wildman–Crippen LogP) is 4.31. The summed E-state index contributed by atoms with van der Waals surface area (Å²) in [5.74, 6) is 1.58. The maximum absolute atomic E-state index is 5.96. The lowest BCUT2D eigenvalue weighted by Crippen LogP contribution is -1.95. The Hall–Kier alpha value is -2.94. The van der Waals surface area contributed by atoms with Crippen molar-refractivity contribution >= 4 is 11.4 Å². The van der Waals surface area contributed by atoms with Gasteiger partial charge in [0.2, 0.25) is 0 Å². The first-order valence-electron chi connectivity index (χ1n) is 6.71. The van der Waals surface area contributed by atoms with E-state index in [4.69, 9.17) is 16.2 Å². The van der Waals surface area contributed by atoms with Gasteiger partial charge in [0.05, 0.1) is 11.4 Å². The highest BCUT2D eigenvalue weighted by Crippen LogP contribution is 2.34. The van der Waals surface area contributed by atoms with Crippen LogP contribution >= 0.6 is 0 Å². The maximum atomic E-state index is 5.96. The molecular weight excluding hydrogens is 260 g/mol.